The van der Waals surface area contributed by atoms with Crippen LogP contribution in [0.15, 0.2) is 0 Å². The standard InChI is InChI=1S/C19H32O/c1-18-9-3-4-16(18)15-6-5-13-12-14(20)7-11-19(13,2)17(15)8-10-18/h13-17,20H,3-12H2,1-2H3/t13?,14?,15-,16+,17-,18-,19-/m0/s1. The number of fused-ring (bicyclic) bond motifs is 5. The van der Waals surface area contributed by atoms with Crippen LogP contribution in [-0.2, 0) is 0 Å². The molecule has 0 bridgehead atoms. The van der Waals surface area contributed by atoms with Crippen LogP contribution in [-0.4, -0.2) is 11.2 Å². The molecule has 4 fully saturated rings. The summed E-state index contributed by atoms with van der Waals surface area (Å²) in [5.74, 6) is 3.85. The smallest absolute Gasteiger partial charge is 0.0543 e. The van der Waals surface area contributed by atoms with E-state index in [4.69, 9.17) is 0 Å². The highest BCUT2D eigenvalue weighted by Gasteiger charge is 2.57. The van der Waals surface area contributed by atoms with Crippen LogP contribution in [0, 0.1) is 34.5 Å². The first-order valence-corrected chi connectivity index (χ1v) is 9.21. The van der Waals surface area contributed by atoms with Crippen molar-refractivity contribution in [2.24, 2.45) is 34.5 Å². The van der Waals surface area contributed by atoms with Gasteiger partial charge < -0.3 is 5.11 Å². The molecule has 4 rings (SSSR count). The molecule has 0 aliphatic heterocycles. The van der Waals surface area contributed by atoms with Crippen molar-refractivity contribution in [1.82, 2.24) is 0 Å². The average Bonchev–Trinajstić information content (AvgIpc) is 2.81. The Morgan fingerprint density at radius 1 is 0.850 bits per heavy atom. The molecule has 0 aromatic carbocycles. The molecule has 0 aromatic rings. The van der Waals surface area contributed by atoms with Crippen LogP contribution in [0.5, 0.6) is 0 Å². The predicted octanol–water partition coefficient (Wildman–Crippen LogP) is 4.78. The van der Waals surface area contributed by atoms with Gasteiger partial charge in [0.05, 0.1) is 6.10 Å². The number of hydrogen-bond acceptors (Lipinski definition) is 1. The van der Waals surface area contributed by atoms with Crippen molar-refractivity contribution < 1.29 is 5.11 Å². The maximum Gasteiger partial charge on any atom is 0.0543 e. The predicted molar refractivity (Wildman–Crippen MR) is 82.4 cm³/mol. The van der Waals surface area contributed by atoms with Gasteiger partial charge in [-0.15, -0.1) is 0 Å². The lowest BCUT2D eigenvalue weighted by molar-refractivity contribution is -0.120. The molecule has 2 unspecified atom stereocenters. The monoisotopic (exact) mass is 276 g/mol. The number of aliphatic hydroxyl groups excluding tert-OH is 1. The lowest BCUT2D eigenvalue weighted by atomic mass is 9.45. The van der Waals surface area contributed by atoms with Crippen LogP contribution < -0.4 is 0 Å². The van der Waals surface area contributed by atoms with E-state index < -0.39 is 0 Å². The zero-order chi connectivity index (χ0) is 14.0. The Kier molecular flexibility index (Phi) is 3.05. The fraction of sp³-hybridized carbons (Fsp3) is 1.00. The van der Waals surface area contributed by atoms with Crippen LogP contribution in [0.1, 0.15) is 78.1 Å². The van der Waals surface area contributed by atoms with Crippen LogP contribution in [0.3, 0.4) is 0 Å². The van der Waals surface area contributed by atoms with Gasteiger partial charge in [-0.1, -0.05) is 20.3 Å². The van der Waals surface area contributed by atoms with Gasteiger partial charge in [-0.3, -0.25) is 0 Å². The van der Waals surface area contributed by atoms with Crippen molar-refractivity contribution in [1.29, 1.82) is 0 Å². The number of aliphatic hydroxyl groups is 1. The van der Waals surface area contributed by atoms with Crippen molar-refractivity contribution in [2.45, 2.75) is 84.2 Å². The van der Waals surface area contributed by atoms with Gasteiger partial charge in [0.2, 0.25) is 0 Å². The van der Waals surface area contributed by atoms with Gasteiger partial charge in [-0.25, -0.2) is 0 Å². The zero-order valence-electron chi connectivity index (χ0n) is 13.4. The minimum atomic E-state index is 0.00459. The molecule has 4 aliphatic carbocycles. The Labute approximate surface area is 124 Å². The van der Waals surface area contributed by atoms with Gasteiger partial charge in [0.1, 0.15) is 0 Å². The molecule has 4 saturated carbocycles. The molecule has 20 heavy (non-hydrogen) atoms. The molecule has 1 N–H and O–H groups in total. The van der Waals surface area contributed by atoms with E-state index in [-0.39, 0.29) is 6.10 Å². The lowest BCUT2D eigenvalue weighted by Gasteiger charge is -2.60. The highest BCUT2D eigenvalue weighted by Crippen LogP contribution is 2.66. The van der Waals surface area contributed by atoms with Crippen molar-refractivity contribution in [2.75, 3.05) is 0 Å². The Morgan fingerprint density at radius 2 is 1.70 bits per heavy atom. The summed E-state index contributed by atoms with van der Waals surface area (Å²) in [4.78, 5) is 0. The molecule has 7 atom stereocenters. The highest BCUT2D eigenvalue weighted by molar-refractivity contribution is 5.07. The summed E-state index contributed by atoms with van der Waals surface area (Å²) >= 11 is 0. The number of hydrogen-bond donors (Lipinski definition) is 1. The van der Waals surface area contributed by atoms with Gasteiger partial charge in [-0.05, 0) is 92.3 Å². The van der Waals surface area contributed by atoms with Gasteiger partial charge in [-0.2, -0.15) is 0 Å². The minimum absolute atomic E-state index is 0.00459. The molecule has 1 nitrogen and oxygen atoms in total. The highest BCUT2D eigenvalue weighted by atomic mass is 16.3. The molecule has 114 valence electrons. The fourth-order valence-electron chi connectivity index (χ4n) is 7.23. The topological polar surface area (TPSA) is 20.2 Å². The third-order valence-corrected chi connectivity index (χ3v) is 8.42. The summed E-state index contributed by atoms with van der Waals surface area (Å²) in [5.41, 5.74) is 1.25. The first kappa shape index (κ1) is 13.6. The maximum absolute atomic E-state index is 10.0. The first-order chi connectivity index (χ1) is 9.53. The quantitative estimate of drug-likeness (QED) is 0.675. The maximum atomic E-state index is 10.0. The van der Waals surface area contributed by atoms with Gasteiger partial charge in [0.15, 0.2) is 0 Å². The van der Waals surface area contributed by atoms with Gasteiger partial charge in [0.25, 0.3) is 0 Å². The largest absolute Gasteiger partial charge is 0.393 e. The second-order valence-corrected chi connectivity index (χ2v) is 9.17. The molecular weight excluding hydrogens is 244 g/mol. The molecule has 0 amide bonds. The van der Waals surface area contributed by atoms with Crippen molar-refractivity contribution in [3.05, 3.63) is 0 Å². The van der Waals surface area contributed by atoms with E-state index in [1.165, 1.54) is 51.4 Å². The van der Waals surface area contributed by atoms with E-state index in [0.717, 1.165) is 36.5 Å². The molecule has 0 spiro atoms. The third-order valence-electron chi connectivity index (χ3n) is 8.42. The Balaban J connectivity index is 1.62. The normalized spacial score (nSPS) is 58.6. The van der Waals surface area contributed by atoms with Gasteiger partial charge >= 0.3 is 0 Å². The Bertz CT molecular complexity index is 391. The summed E-state index contributed by atoms with van der Waals surface area (Å²) in [6.07, 6.45) is 13.8. The van der Waals surface area contributed by atoms with Crippen molar-refractivity contribution in [3.63, 3.8) is 0 Å². The van der Waals surface area contributed by atoms with E-state index in [0.29, 0.717) is 10.8 Å². The van der Waals surface area contributed by atoms with Crippen LogP contribution in [0.2, 0.25) is 0 Å². The van der Waals surface area contributed by atoms with E-state index in [2.05, 4.69) is 13.8 Å². The lowest BCUT2D eigenvalue weighted by Crippen LogP contribution is -2.53. The fourth-order valence-corrected chi connectivity index (χ4v) is 7.23. The van der Waals surface area contributed by atoms with E-state index in [9.17, 15) is 5.11 Å². The van der Waals surface area contributed by atoms with Crippen molar-refractivity contribution in [3.8, 4) is 0 Å². The van der Waals surface area contributed by atoms with Crippen LogP contribution in [0.4, 0.5) is 0 Å². The molecule has 0 radical (unpaired) electrons. The molecule has 0 aromatic heterocycles. The second-order valence-electron chi connectivity index (χ2n) is 9.17. The summed E-state index contributed by atoms with van der Waals surface area (Å²) in [5, 5.41) is 10.0. The zero-order valence-corrected chi connectivity index (χ0v) is 13.4. The van der Waals surface area contributed by atoms with Crippen molar-refractivity contribution >= 4 is 0 Å². The molecule has 0 saturated heterocycles. The van der Waals surface area contributed by atoms with E-state index in [1.54, 1.807) is 0 Å². The Hall–Kier alpha value is -0.0400. The summed E-state index contributed by atoms with van der Waals surface area (Å²) in [7, 11) is 0. The van der Waals surface area contributed by atoms with E-state index in [1.807, 2.05) is 0 Å². The second kappa shape index (κ2) is 4.48. The summed E-state index contributed by atoms with van der Waals surface area (Å²) in [6.45, 7) is 5.19. The molecular formula is C19H32O. The third kappa shape index (κ3) is 1.77. The molecule has 1 heteroatoms. The average molecular weight is 276 g/mol. The number of rotatable bonds is 0. The minimum Gasteiger partial charge on any atom is -0.393 e. The van der Waals surface area contributed by atoms with Crippen LogP contribution in [0.25, 0.3) is 0 Å². The molecule has 0 heterocycles. The summed E-state index contributed by atoms with van der Waals surface area (Å²) in [6, 6.07) is 0. The molecule has 4 aliphatic rings. The van der Waals surface area contributed by atoms with Crippen LogP contribution >= 0.6 is 0 Å². The first-order valence-electron chi connectivity index (χ1n) is 9.21. The van der Waals surface area contributed by atoms with Gasteiger partial charge in [0, 0.05) is 0 Å². The SMILES string of the molecule is C[C@@]12CCC[C@@H]1[C@@H]1CCC3CC(O)CC[C@]3(C)[C@H]1CC2. The Morgan fingerprint density at radius 3 is 2.55 bits per heavy atom. The summed E-state index contributed by atoms with van der Waals surface area (Å²) < 4.78 is 0. The van der Waals surface area contributed by atoms with E-state index >= 15 is 0 Å².